The monoisotopic (exact) mass is 510 g/mol. The third-order valence-corrected chi connectivity index (χ3v) is 6.55. The number of hydrogen-bond acceptors (Lipinski definition) is 5. The van der Waals surface area contributed by atoms with E-state index in [-0.39, 0.29) is 37.5 Å². The average Bonchev–Trinajstić information content (AvgIpc) is 3.18. The van der Waals surface area contributed by atoms with Crippen molar-refractivity contribution in [1.82, 2.24) is 14.6 Å². The minimum atomic E-state index is -3.49. The predicted octanol–water partition coefficient (Wildman–Crippen LogP) is 5.30. The Balaban J connectivity index is 1.79. The van der Waals surface area contributed by atoms with Gasteiger partial charge in [0.25, 0.3) is 12.3 Å². The summed E-state index contributed by atoms with van der Waals surface area (Å²) in [5.74, 6) is -0.699. The molecule has 0 saturated carbocycles. The van der Waals surface area contributed by atoms with Gasteiger partial charge in [-0.2, -0.15) is 5.10 Å². The lowest BCUT2D eigenvalue weighted by Crippen LogP contribution is -2.13. The zero-order valence-corrected chi connectivity index (χ0v) is 19.1. The molecule has 33 heavy (non-hydrogen) atoms. The lowest BCUT2D eigenvalue weighted by atomic mass is 10.1. The van der Waals surface area contributed by atoms with Crippen LogP contribution in [0, 0.1) is 0 Å². The highest BCUT2D eigenvalue weighted by Crippen LogP contribution is 2.31. The Kier molecular flexibility index (Phi) is 6.08. The van der Waals surface area contributed by atoms with Crippen molar-refractivity contribution >= 4 is 50.3 Å². The van der Waals surface area contributed by atoms with Gasteiger partial charge in [0.15, 0.2) is 15.5 Å². The summed E-state index contributed by atoms with van der Waals surface area (Å²) in [6.07, 6.45) is -0.749. The summed E-state index contributed by atoms with van der Waals surface area (Å²) in [6.45, 7) is 0. The van der Waals surface area contributed by atoms with E-state index in [0.29, 0.717) is 5.56 Å². The lowest BCUT2D eigenvalue weighted by Gasteiger charge is -2.10. The number of rotatable bonds is 5. The quantitative estimate of drug-likeness (QED) is 0.393. The first kappa shape index (κ1) is 23.1. The molecule has 1 amide bonds. The zero-order chi connectivity index (χ0) is 23.9. The summed E-state index contributed by atoms with van der Waals surface area (Å²) in [5, 5.41) is 6.95. The van der Waals surface area contributed by atoms with Crippen LogP contribution in [0.4, 0.5) is 14.5 Å². The molecular weight excluding hydrogens is 497 g/mol. The smallest absolute Gasteiger partial charge is 0.280 e. The van der Waals surface area contributed by atoms with Crippen LogP contribution in [0.25, 0.3) is 16.9 Å². The maximum atomic E-state index is 13.8. The fourth-order valence-electron chi connectivity index (χ4n) is 3.11. The van der Waals surface area contributed by atoms with Crippen LogP contribution in [0.2, 0.25) is 10.0 Å². The third-order valence-electron chi connectivity index (χ3n) is 4.70. The van der Waals surface area contributed by atoms with Crippen LogP contribution in [0.1, 0.15) is 22.5 Å². The second-order valence-corrected chi connectivity index (χ2v) is 9.87. The van der Waals surface area contributed by atoms with Crippen LogP contribution < -0.4 is 5.32 Å². The molecule has 2 aromatic carbocycles. The van der Waals surface area contributed by atoms with E-state index in [1.165, 1.54) is 36.4 Å². The van der Waals surface area contributed by atoms with E-state index in [9.17, 15) is 22.0 Å². The van der Waals surface area contributed by atoms with E-state index in [1.807, 2.05) is 0 Å². The first-order chi connectivity index (χ1) is 15.5. The van der Waals surface area contributed by atoms with Gasteiger partial charge in [0.05, 0.1) is 26.8 Å². The number of fused-ring (bicyclic) bond motifs is 1. The van der Waals surface area contributed by atoms with E-state index >= 15 is 0 Å². The Bertz CT molecular complexity index is 1510. The van der Waals surface area contributed by atoms with Gasteiger partial charge in [-0.25, -0.2) is 26.7 Å². The molecular formula is C21H14Cl2F2N4O3S. The summed E-state index contributed by atoms with van der Waals surface area (Å²) >= 11 is 12.0. The molecule has 0 aliphatic rings. The van der Waals surface area contributed by atoms with Gasteiger partial charge in [-0.3, -0.25) is 4.79 Å². The van der Waals surface area contributed by atoms with Crippen molar-refractivity contribution in [2.75, 3.05) is 11.6 Å². The lowest BCUT2D eigenvalue weighted by molar-refractivity contribution is 0.102. The maximum Gasteiger partial charge on any atom is 0.280 e. The summed E-state index contributed by atoms with van der Waals surface area (Å²) in [5.41, 5.74) is 0.109. The Morgan fingerprint density at radius 3 is 2.52 bits per heavy atom. The van der Waals surface area contributed by atoms with Crippen molar-refractivity contribution in [3.05, 3.63) is 76.0 Å². The van der Waals surface area contributed by atoms with Crippen LogP contribution >= 0.6 is 23.2 Å². The number of anilines is 1. The van der Waals surface area contributed by atoms with Crippen LogP contribution in [-0.2, 0) is 9.84 Å². The molecule has 0 bridgehead atoms. The topological polar surface area (TPSA) is 93.4 Å². The number of benzene rings is 2. The van der Waals surface area contributed by atoms with E-state index in [4.69, 9.17) is 23.2 Å². The highest BCUT2D eigenvalue weighted by molar-refractivity contribution is 7.90. The van der Waals surface area contributed by atoms with Gasteiger partial charge in [-0.1, -0.05) is 35.3 Å². The number of sulfone groups is 1. The van der Waals surface area contributed by atoms with E-state index < -0.39 is 27.9 Å². The summed E-state index contributed by atoms with van der Waals surface area (Å²) in [4.78, 5) is 17.3. The Hall–Kier alpha value is -3.08. The number of carbonyl (C=O) groups is 1. The Labute approximate surface area is 196 Å². The van der Waals surface area contributed by atoms with Gasteiger partial charge in [0.1, 0.15) is 11.3 Å². The number of alkyl halides is 2. The van der Waals surface area contributed by atoms with Crippen molar-refractivity contribution in [2.24, 2.45) is 0 Å². The first-order valence-corrected chi connectivity index (χ1v) is 11.9. The van der Waals surface area contributed by atoms with Gasteiger partial charge in [0.2, 0.25) is 0 Å². The van der Waals surface area contributed by atoms with Crippen molar-refractivity contribution in [2.45, 2.75) is 11.3 Å². The summed E-state index contributed by atoms with van der Waals surface area (Å²) < 4.78 is 51.9. The molecule has 1 N–H and O–H groups in total. The number of carbonyl (C=O) groups excluding carboxylic acids is 1. The molecule has 7 nitrogen and oxygen atoms in total. The normalized spacial score (nSPS) is 11.8. The molecule has 170 valence electrons. The van der Waals surface area contributed by atoms with Gasteiger partial charge >= 0.3 is 0 Å². The van der Waals surface area contributed by atoms with E-state index in [1.54, 1.807) is 6.07 Å². The second kappa shape index (κ2) is 8.69. The number of nitrogens with one attached hydrogen (secondary N) is 1. The Morgan fingerprint density at radius 1 is 1.09 bits per heavy atom. The number of aromatic nitrogens is 3. The largest absolute Gasteiger partial charge is 0.322 e. The SMILES string of the molecule is CS(=O)(=O)c1cccc(NC(=O)c2cnn3c(C(F)F)cc(-c4ccc(Cl)c(Cl)c4)nc23)c1. The molecule has 12 heteroatoms. The van der Waals surface area contributed by atoms with Crippen molar-refractivity contribution in [3.8, 4) is 11.3 Å². The molecule has 0 unspecified atom stereocenters. The predicted molar refractivity (Wildman–Crippen MR) is 121 cm³/mol. The van der Waals surface area contributed by atoms with E-state index in [2.05, 4.69) is 15.4 Å². The van der Waals surface area contributed by atoms with Gasteiger partial charge in [-0.15, -0.1) is 0 Å². The maximum absolute atomic E-state index is 13.8. The zero-order valence-electron chi connectivity index (χ0n) is 16.8. The number of halogens is 4. The highest BCUT2D eigenvalue weighted by Gasteiger charge is 2.22. The minimum Gasteiger partial charge on any atom is -0.322 e. The van der Waals surface area contributed by atoms with E-state index in [0.717, 1.165) is 23.0 Å². The molecule has 2 aromatic heterocycles. The molecule has 4 aromatic rings. The van der Waals surface area contributed by atoms with Crippen LogP contribution in [0.3, 0.4) is 0 Å². The van der Waals surface area contributed by atoms with Crippen LogP contribution in [0.5, 0.6) is 0 Å². The number of nitrogens with zero attached hydrogens (tertiary/aromatic N) is 3. The fourth-order valence-corrected chi connectivity index (χ4v) is 4.07. The first-order valence-electron chi connectivity index (χ1n) is 9.28. The van der Waals surface area contributed by atoms with Gasteiger partial charge < -0.3 is 5.32 Å². The third kappa shape index (κ3) is 4.68. The number of amides is 1. The summed E-state index contributed by atoms with van der Waals surface area (Å²) in [7, 11) is -3.49. The Morgan fingerprint density at radius 2 is 1.85 bits per heavy atom. The molecule has 0 atom stereocenters. The average molecular weight is 511 g/mol. The van der Waals surface area contributed by atoms with Crippen molar-refractivity contribution in [3.63, 3.8) is 0 Å². The second-order valence-electron chi connectivity index (χ2n) is 7.04. The number of hydrogen-bond donors (Lipinski definition) is 1. The molecule has 0 aliphatic heterocycles. The molecule has 0 spiro atoms. The molecule has 2 heterocycles. The van der Waals surface area contributed by atoms with Gasteiger partial charge in [0, 0.05) is 17.5 Å². The van der Waals surface area contributed by atoms with Gasteiger partial charge in [-0.05, 0) is 36.4 Å². The summed E-state index contributed by atoms with van der Waals surface area (Å²) in [6, 6.07) is 11.3. The minimum absolute atomic E-state index is 0.0141. The highest BCUT2D eigenvalue weighted by atomic mass is 35.5. The molecule has 0 saturated heterocycles. The molecule has 0 aliphatic carbocycles. The molecule has 4 rings (SSSR count). The molecule has 0 radical (unpaired) electrons. The van der Waals surface area contributed by atoms with Crippen molar-refractivity contribution < 1.29 is 22.0 Å². The van der Waals surface area contributed by atoms with Crippen LogP contribution in [0.15, 0.2) is 59.6 Å². The molecule has 0 fully saturated rings. The standard InChI is InChI=1S/C21H14Cl2F2N4O3S/c1-33(31,32)13-4-2-3-12(8-13)27-21(30)14-10-26-29-18(19(24)25)9-17(28-20(14)29)11-5-6-15(22)16(23)7-11/h2-10,19H,1H3,(H,27,30). The fraction of sp³-hybridized carbons (Fsp3) is 0.0952. The van der Waals surface area contributed by atoms with Crippen molar-refractivity contribution in [1.29, 1.82) is 0 Å². The van der Waals surface area contributed by atoms with Crippen LogP contribution in [-0.4, -0.2) is 35.2 Å².